The maximum atomic E-state index is 11.9. The van der Waals surface area contributed by atoms with E-state index in [0.29, 0.717) is 26.2 Å². The molecule has 1 aromatic heterocycles. The van der Waals surface area contributed by atoms with Crippen LogP contribution in [0.3, 0.4) is 0 Å². The molecule has 8 heteroatoms. The number of carbonyl (C=O) groups is 2. The van der Waals surface area contributed by atoms with E-state index in [9.17, 15) is 14.4 Å². The normalized spacial score (nSPS) is 16.1. The fourth-order valence-corrected chi connectivity index (χ4v) is 1.68. The topological polar surface area (TPSA) is 91.3 Å². The number of aromatic nitrogens is 3. The Morgan fingerprint density at radius 1 is 1.35 bits per heavy atom. The number of rotatable bonds is 2. The Morgan fingerprint density at radius 2 is 2.00 bits per heavy atom. The monoisotopic (exact) mass is 239 g/mol. The Hall–Kier alpha value is -2.12. The van der Waals surface area contributed by atoms with Gasteiger partial charge in [-0.15, -0.1) is 5.10 Å². The maximum absolute atomic E-state index is 11.9. The third-order valence-corrected chi connectivity index (χ3v) is 2.72. The molecule has 0 radical (unpaired) electrons. The van der Waals surface area contributed by atoms with Gasteiger partial charge in [0.15, 0.2) is 0 Å². The number of aryl methyl sites for hydroxylation is 1. The number of amides is 2. The molecule has 2 rings (SSSR count). The van der Waals surface area contributed by atoms with Crippen LogP contribution in [0.2, 0.25) is 0 Å². The summed E-state index contributed by atoms with van der Waals surface area (Å²) in [5, 5.41) is 3.80. The zero-order valence-electron chi connectivity index (χ0n) is 9.42. The lowest BCUT2D eigenvalue weighted by atomic mass is 10.3. The maximum Gasteiger partial charge on any atom is 0.343 e. The molecule has 1 aliphatic rings. The van der Waals surface area contributed by atoms with Gasteiger partial charge in [0.05, 0.1) is 0 Å². The van der Waals surface area contributed by atoms with Gasteiger partial charge in [0.25, 0.3) is 5.91 Å². The average Bonchev–Trinajstić information content (AvgIpc) is 2.69. The second kappa shape index (κ2) is 4.40. The number of H-pyrrole nitrogens is 1. The van der Waals surface area contributed by atoms with Crippen molar-refractivity contribution in [2.75, 3.05) is 26.2 Å². The van der Waals surface area contributed by atoms with Gasteiger partial charge in [-0.05, 0) is 0 Å². The van der Waals surface area contributed by atoms with Gasteiger partial charge in [-0.1, -0.05) is 0 Å². The minimum absolute atomic E-state index is 0.0389. The quantitative estimate of drug-likeness (QED) is 0.606. The third-order valence-electron chi connectivity index (χ3n) is 2.72. The van der Waals surface area contributed by atoms with Crippen molar-refractivity contribution in [3.8, 4) is 0 Å². The molecule has 1 N–H and O–H groups in total. The van der Waals surface area contributed by atoms with Gasteiger partial charge >= 0.3 is 5.69 Å². The highest BCUT2D eigenvalue weighted by molar-refractivity contribution is 5.90. The molecule has 0 saturated carbocycles. The van der Waals surface area contributed by atoms with Crippen molar-refractivity contribution in [3.63, 3.8) is 0 Å². The van der Waals surface area contributed by atoms with Crippen LogP contribution < -0.4 is 5.69 Å². The van der Waals surface area contributed by atoms with Crippen LogP contribution in [0.1, 0.15) is 10.6 Å². The molecule has 2 heterocycles. The average molecular weight is 239 g/mol. The van der Waals surface area contributed by atoms with Crippen LogP contribution in [0.5, 0.6) is 0 Å². The standard InChI is InChI=1S/C9H13N5O3/c1-12-9(17)10-7(11-12)8(16)14-4-2-13(6-15)3-5-14/h6H,2-5H2,1H3,(H,10,11,17). The second-order valence-corrected chi connectivity index (χ2v) is 3.84. The molecule has 1 saturated heterocycles. The van der Waals surface area contributed by atoms with E-state index < -0.39 is 5.69 Å². The van der Waals surface area contributed by atoms with Gasteiger partial charge in [-0.3, -0.25) is 14.6 Å². The van der Waals surface area contributed by atoms with E-state index in [0.717, 1.165) is 11.1 Å². The van der Waals surface area contributed by atoms with Gasteiger partial charge in [0, 0.05) is 33.2 Å². The lowest BCUT2D eigenvalue weighted by Gasteiger charge is -2.31. The van der Waals surface area contributed by atoms with E-state index in [4.69, 9.17) is 0 Å². The highest BCUT2D eigenvalue weighted by atomic mass is 16.2. The first kappa shape index (κ1) is 11.4. The van der Waals surface area contributed by atoms with E-state index in [2.05, 4.69) is 10.1 Å². The van der Waals surface area contributed by atoms with Crippen molar-refractivity contribution >= 4 is 12.3 Å². The number of nitrogens with zero attached hydrogens (tertiary/aromatic N) is 4. The van der Waals surface area contributed by atoms with Crippen molar-refractivity contribution in [3.05, 3.63) is 16.3 Å². The van der Waals surface area contributed by atoms with Crippen molar-refractivity contribution in [2.24, 2.45) is 7.05 Å². The Kier molecular flexibility index (Phi) is 2.94. The summed E-state index contributed by atoms with van der Waals surface area (Å²) in [5.41, 5.74) is -0.417. The predicted molar refractivity (Wildman–Crippen MR) is 57.4 cm³/mol. The van der Waals surface area contributed by atoms with Crippen LogP contribution in [0, 0.1) is 0 Å². The number of carbonyl (C=O) groups excluding carboxylic acids is 2. The molecule has 92 valence electrons. The molecule has 0 unspecified atom stereocenters. The second-order valence-electron chi connectivity index (χ2n) is 3.84. The number of hydrogen-bond donors (Lipinski definition) is 1. The molecule has 0 spiro atoms. The summed E-state index contributed by atoms with van der Waals surface area (Å²) in [5.74, 6) is -0.273. The summed E-state index contributed by atoms with van der Waals surface area (Å²) in [6, 6.07) is 0. The molecular formula is C9H13N5O3. The zero-order valence-corrected chi connectivity index (χ0v) is 9.42. The Labute approximate surface area is 96.8 Å². The summed E-state index contributed by atoms with van der Waals surface area (Å²) < 4.78 is 1.08. The summed E-state index contributed by atoms with van der Waals surface area (Å²) in [4.78, 5) is 39.2. The van der Waals surface area contributed by atoms with Crippen molar-refractivity contribution in [1.82, 2.24) is 24.6 Å². The van der Waals surface area contributed by atoms with Gasteiger partial charge in [0.1, 0.15) is 0 Å². The van der Waals surface area contributed by atoms with Gasteiger partial charge < -0.3 is 9.80 Å². The van der Waals surface area contributed by atoms with Gasteiger partial charge in [-0.25, -0.2) is 9.48 Å². The zero-order chi connectivity index (χ0) is 12.4. The molecule has 1 aliphatic heterocycles. The van der Waals surface area contributed by atoms with Crippen molar-refractivity contribution in [2.45, 2.75) is 0 Å². The number of piperazine rings is 1. The summed E-state index contributed by atoms with van der Waals surface area (Å²) in [7, 11) is 1.47. The minimum atomic E-state index is -0.417. The van der Waals surface area contributed by atoms with E-state index in [-0.39, 0.29) is 11.7 Å². The first-order chi connectivity index (χ1) is 8.11. The predicted octanol–water partition coefficient (Wildman–Crippen LogP) is -1.98. The summed E-state index contributed by atoms with van der Waals surface area (Å²) in [6.07, 6.45) is 0.768. The van der Waals surface area contributed by atoms with E-state index in [1.165, 1.54) is 7.05 Å². The smallest absolute Gasteiger partial charge is 0.342 e. The molecule has 1 aromatic rings. The molecule has 8 nitrogen and oxygen atoms in total. The fraction of sp³-hybridized carbons (Fsp3) is 0.556. The van der Waals surface area contributed by atoms with E-state index in [1.54, 1.807) is 9.80 Å². The highest BCUT2D eigenvalue weighted by Crippen LogP contribution is 2.03. The van der Waals surface area contributed by atoms with Crippen LogP contribution in [-0.4, -0.2) is 63.1 Å². The van der Waals surface area contributed by atoms with Crippen LogP contribution in [0.4, 0.5) is 0 Å². The fourth-order valence-electron chi connectivity index (χ4n) is 1.68. The summed E-state index contributed by atoms with van der Waals surface area (Å²) >= 11 is 0. The lowest BCUT2D eigenvalue weighted by molar-refractivity contribution is -0.119. The van der Waals surface area contributed by atoms with E-state index >= 15 is 0 Å². The van der Waals surface area contributed by atoms with Crippen LogP contribution in [-0.2, 0) is 11.8 Å². The molecule has 0 atom stereocenters. The first-order valence-corrected chi connectivity index (χ1v) is 5.24. The number of hydrogen-bond acceptors (Lipinski definition) is 4. The molecule has 0 bridgehead atoms. The Bertz CT molecular complexity index is 483. The molecule has 2 amide bonds. The lowest BCUT2D eigenvalue weighted by Crippen LogP contribution is -2.48. The number of aromatic amines is 1. The first-order valence-electron chi connectivity index (χ1n) is 5.24. The molecule has 1 fully saturated rings. The Balaban J connectivity index is 2.06. The molecule has 0 aromatic carbocycles. The largest absolute Gasteiger partial charge is 0.343 e. The number of nitrogens with one attached hydrogen (secondary N) is 1. The van der Waals surface area contributed by atoms with Crippen LogP contribution >= 0.6 is 0 Å². The summed E-state index contributed by atoms with van der Waals surface area (Å²) in [6.45, 7) is 1.92. The third kappa shape index (κ3) is 2.19. The highest BCUT2D eigenvalue weighted by Gasteiger charge is 2.23. The Morgan fingerprint density at radius 3 is 2.47 bits per heavy atom. The van der Waals surface area contributed by atoms with Gasteiger partial charge in [-0.2, -0.15) is 0 Å². The molecule has 17 heavy (non-hydrogen) atoms. The van der Waals surface area contributed by atoms with Gasteiger partial charge in [0.2, 0.25) is 12.2 Å². The molecule has 0 aliphatic carbocycles. The van der Waals surface area contributed by atoms with Crippen molar-refractivity contribution < 1.29 is 9.59 Å². The van der Waals surface area contributed by atoms with Crippen LogP contribution in [0.15, 0.2) is 4.79 Å². The minimum Gasteiger partial charge on any atom is -0.342 e. The SMILES string of the molecule is Cn1nc(C(=O)N2CCN(C=O)CC2)[nH]c1=O. The van der Waals surface area contributed by atoms with Crippen LogP contribution in [0.25, 0.3) is 0 Å². The van der Waals surface area contributed by atoms with E-state index in [1.807, 2.05) is 0 Å². The van der Waals surface area contributed by atoms with Crippen molar-refractivity contribution in [1.29, 1.82) is 0 Å². The molecular weight excluding hydrogens is 226 g/mol.